The number of carbonyl (C=O) groups is 2. The van der Waals surface area contributed by atoms with Gasteiger partial charge in [0.2, 0.25) is 5.43 Å². The standard InChI is InChI=1S/C21H20N4O7/c1-4-24-10-15(19(27)14-7-5-12(2)22-20(14)24)21(28)32-11-18(26)23-16-8-6-13(31-3)9-17(16)25(29)30/h5-10H,4,11H2,1-3H3,(H,23,26). The van der Waals surface area contributed by atoms with E-state index in [0.29, 0.717) is 12.2 Å². The van der Waals surface area contributed by atoms with Crippen LogP contribution >= 0.6 is 0 Å². The Balaban J connectivity index is 1.78. The Morgan fingerprint density at radius 1 is 1.25 bits per heavy atom. The molecule has 2 heterocycles. The predicted molar refractivity (Wildman–Crippen MR) is 115 cm³/mol. The lowest BCUT2D eigenvalue weighted by molar-refractivity contribution is -0.384. The normalized spacial score (nSPS) is 10.6. The van der Waals surface area contributed by atoms with E-state index in [9.17, 15) is 24.5 Å². The molecule has 1 N–H and O–H groups in total. The van der Waals surface area contributed by atoms with Gasteiger partial charge < -0.3 is 19.4 Å². The first kappa shape index (κ1) is 22.4. The summed E-state index contributed by atoms with van der Waals surface area (Å²) in [6.07, 6.45) is 1.34. The Kier molecular flexibility index (Phi) is 6.47. The first-order valence-corrected chi connectivity index (χ1v) is 9.55. The Labute approximate surface area is 181 Å². The summed E-state index contributed by atoms with van der Waals surface area (Å²) in [6, 6.07) is 7.13. The molecule has 11 nitrogen and oxygen atoms in total. The molecule has 0 radical (unpaired) electrons. The molecule has 0 saturated carbocycles. The number of hydrogen-bond acceptors (Lipinski definition) is 8. The molecule has 0 aliphatic carbocycles. The number of aryl methyl sites for hydroxylation is 2. The van der Waals surface area contributed by atoms with E-state index in [-0.39, 0.29) is 28.1 Å². The summed E-state index contributed by atoms with van der Waals surface area (Å²) in [4.78, 5) is 52.3. The fourth-order valence-corrected chi connectivity index (χ4v) is 3.04. The number of methoxy groups -OCH3 is 1. The van der Waals surface area contributed by atoms with Gasteiger partial charge in [0, 0.05) is 18.4 Å². The zero-order valence-electron chi connectivity index (χ0n) is 17.6. The van der Waals surface area contributed by atoms with Crippen molar-refractivity contribution in [2.75, 3.05) is 19.0 Å². The van der Waals surface area contributed by atoms with Gasteiger partial charge >= 0.3 is 5.97 Å². The van der Waals surface area contributed by atoms with E-state index in [0.717, 1.165) is 11.8 Å². The monoisotopic (exact) mass is 440 g/mol. The van der Waals surface area contributed by atoms with Crippen molar-refractivity contribution in [2.45, 2.75) is 20.4 Å². The van der Waals surface area contributed by atoms with E-state index in [2.05, 4.69) is 10.3 Å². The van der Waals surface area contributed by atoms with Crippen LogP contribution < -0.4 is 15.5 Å². The second-order valence-corrected chi connectivity index (χ2v) is 6.75. The van der Waals surface area contributed by atoms with E-state index in [1.54, 1.807) is 23.6 Å². The third-order valence-electron chi connectivity index (χ3n) is 4.63. The van der Waals surface area contributed by atoms with Gasteiger partial charge in [0.1, 0.15) is 22.6 Å². The largest absolute Gasteiger partial charge is 0.496 e. The number of benzene rings is 1. The molecule has 0 aliphatic heterocycles. The number of carbonyl (C=O) groups excluding carboxylic acids is 2. The lowest BCUT2D eigenvalue weighted by Crippen LogP contribution is -2.25. The van der Waals surface area contributed by atoms with Crippen LogP contribution in [-0.4, -0.2) is 40.1 Å². The quantitative estimate of drug-likeness (QED) is 0.335. The fourth-order valence-electron chi connectivity index (χ4n) is 3.04. The van der Waals surface area contributed by atoms with Gasteiger partial charge in [-0.2, -0.15) is 0 Å². The van der Waals surface area contributed by atoms with Crippen LogP contribution in [0, 0.1) is 17.0 Å². The Morgan fingerprint density at radius 3 is 2.66 bits per heavy atom. The Hall–Kier alpha value is -4.28. The van der Waals surface area contributed by atoms with E-state index in [1.165, 1.54) is 25.4 Å². The fraction of sp³-hybridized carbons (Fsp3) is 0.238. The molecular formula is C21H20N4O7. The highest BCUT2D eigenvalue weighted by Crippen LogP contribution is 2.28. The molecule has 3 aromatic rings. The molecule has 0 aliphatic rings. The molecule has 0 fully saturated rings. The summed E-state index contributed by atoms with van der Waals surface area (Å²) >= 11 is 0. The number of ether oxygens (including phenoxy) is 2. The van der Waals surface area contributed by atoms with Crippen molar-refractivity contribution < 1.29 is 24.0 Å². The van der Waals surface area contributed by atoms with Crippen molar-refractivity contribution >= 4 is 34.3 Å². The number of nitro benzene ring substituents is 1. The van der Waals surface area contributed by atoms with Crippen LogP contribution in [0.15, 0.2) is 41.3 Å². The van der Waals surface area contributed by atoms with E-state index in [4.69, 9.17) is 9.47 Å². The second kappa shape index (κ2) is 9.25. The topological polar surface area (TPSA) is 143 Å². The lowest BCUT2D eigenvalue weighted by Gasteiger charge is -2.11. The highest BCUT2D eigenvalue weighted by Gasteiger charge is 2.20. The third kappa shape index (κ3) is 4.56. The smallest absolute Gasteiger partial charge is 0.344 e. The van der Waals surface area contributed by atoms with Gasteiger partial charge in [-0.3, -0.25) is 19.7 Å². The second-order valence-electron chi connectivity index (χ2n) is 6.75. The average molecular weight is 440 g/mol. The number of nitrogens with one attached hydrogen (secondary N) is 1. The summed E-state index contributed by atoms with van der Waals surface area (Å²) in [5, 5.41) is 13.8. The first-order valence-electron chi connectivity index (χ1n) is 9.55. The number of amides is 1. The number of esters is 1. The molecule has 32 heavy (non-hydrogen) atoms. The minimum Gasteiger partial charge on any atom is -0.496 e. The predicted octanol–water partition coefficient (Wildman–Crippen LogP) is 2.44. The molecule has 0 spiro atoms. The molecule has 0 bridgehead atoms. The molecule has 166 valence electrons. The number of rotatable bonds is 7. The molecule has 2 aromatic heterocycles. The SMILES string of the molecule is CCn1cc(C(=O)OCC(=O)Nc2ccc(OC)cc2[N+](=O)[O-])c(=O)c2ccc(C)nc21. The molecular weight excluding hydrogens is 420 g/mol. The van der Waals surface area contributed by atoms with Crippen molar-refractivity contribution in [1.29, 1.82) is 0 Å². The molecule has 0 atom stereocenters. The van der Waals surface area contributed by atoms with Crippen molar-refractivity contribution in [3.8, 4) is 5.75 Å². The van der Waals surface area contributed by atoms with Crippen LogP contribution in [0.2, 0.25) is 0 Å². The van der Waals surface area contributed by atoms with Crippen molar-refractivity contribution in [1.82, 2.24) is 9.55 Å². The van der Waals surface area contributed by atoms with Crippen molar-refractivity contribution in [2.24, 2.45) is 0 Å². The number of pyridine rings is 2. The molecule has 0 saturated heterocycles. The molecule has 0 unspecified atom stereocenters. The maximum Gasteiger partial charge on any atom is 0.344 e. The number of aromatic nitrogens is 2. The number of nitrogens with zero attached hydrogens (tertiary/aromatic N) is 3. The van der Waals surface area contributed by atoms with Crippen LogP contribution in [0.5, 0.6) is 5.75 Å². The van der Waals surface area contributed by atoms with Gasteiger partial charge in [0.15, 0.2) is 6.61 Å². The van der Waals surface area contributed by atoms with Crippen LogP contribution in [-0.2, 0) is 16.1 Å². The van der Waals surface area contributed by atoms with Gasteiger partial charge in [0.05, 0.1) is 23.5 Å². The minimum atomic E-state index is -0.987. The molecule has 1 amide bonds. The number of fused-ring (bicyclic) bond motifs is 1. The average Bonchev–Trinajstić information content (AvgIpc) is 2.77. The summed E-state index contributed by atoms with van der Waals surface area (Å²) < 4.78 is 11.6. The summed E-state index contributed by atoms with van der Waals surface area (Å²) in [7, 11) is 1.35. The summed E-state index contributed by atoms with van der Waals surface area (Å²) in [6.45, 7) is 3.34. The van der Waals surface area contributed by atoms with Crippen LogP contribution in [0.25, 0.3) is 11.0 Å². The van der Waals surface area contributed by atoms with Crippen molar-refractivity contribution in [3.63, 3.8) is 0 Å². The minimum absolute atomic E-state index is 0.0858. The maximum atomic E-state index is 12.7. The van der Waals surface area contributed by atoms with Crippen LogP contribution in [0.1, 0.15) is 23.0 Å². The molecule has 3 rings (SSSR count). The van der Waals surface area contributed by atoms with Gasteiger partial charge in [-0.05, 0) is 38.1 Å². The Bertz CT molecular complexity index is 1280. The van der Waals surface area contributed by atoms with Crippen LogP contribution in [0.4, 0.5) is 11.4 Å². The molecule has 1 aromatic carbocycles. The number of hydrogen-bond donors (Lipinski definition) is 1. The maximum absolute atomic E-state index is 12.7. The van der Waals surface area contributed by atoms with Gasteiger partial charge in [0.25, 0.3) is 11.6 Å². The highest BCUT2D eigenvalue weighted by molar-refractivity contribution is 5.97. The first-order chi connectivity index (χ1) is 15.2. The van der Waals surface area contributed by atoms with E-state index in [1.807, 2.05) is 6.92 Å². The lowest BCUT2D eigenvalue weighted by atomic mass is 10.2. The van der Waals surface area contributed by atoms with Crippen molar-refractivity contribution in [3.05, 3.63) is 68.1 Å². The number of nitro groups is 1. The summed E-state index contributed by atoms with van der Waals surface area (Å²) in [5.74, 6) is -1.55. The van der Waals surface area contributed by atoms with Gasteiger partial charge in [-0.1, -0.05) is 0 Å². The zero-order chi connectivity index (χ0) is 23.4. The number of anilines is 1. The van der Waals surface area contributed by atoms with Gasteiger partial charge in [-0.25, -0.2) is 9.78 Å². The van der Waals surface area contributed by atoms with Crippen LogP contribution in [0.3, 0.4) is 0 Å². The summed E-state index contributed by atoms with van der Waals surface area (Å²) in [5.41, 5.74) is -0.108. The van der Waals surface area contributed by atoms with E-state index < -0.39 is 28.8 Å². The zero-order valence-corrected chi connectivity index (χ0v) is 17.6. The molecule has 11 heteroatoms. The third-order valence-corrected chi connectivity index (χ3v) is 4.63. The van der Waals surface area contributed by atoms with E-state index >= 15 is 0 Å². The Morgan fingerprint density at radius 2 is 2.00 bits per heavy atom. The van der Waals surface area contributed by atoms with Gasteiger partial charge in [-0.15, -0.1) is 0 Å². The highest BCUT2D eigenvalue weighted by atomic mass is 16.6.